The molecule has 4 aromatic rings. The van der Waals surface area contributed by atoms with Crippen LogP contribution >= 0.6 is 0 Å². The number of aliphatic hydroxyl groups is 1. The van der Waals surface area contributed by atoms with Crippen molar-refractivity contribution in [1.82, 2.24) is 10.3 Å². The number of benzene rings is 3. The molecular formula is C30H31N3O3. The summed E-state index contributed by atoms with van der Waals surface area (Å²) in [6.45, 7) is 0.204. The van der Waals surface area contributed by atoms with E-state index in [0.29, 0.717) is 6.61 Å². The Hall–Kier alpha value is -3.90. The number of rotatable bonds is 8. The Balaban J connectivity index is 1.29. The lowest BCUT2D eigenvalue weighted by atomic mass is 10.1. The molecule has 0 unspecified atom stereocenters. The van der Waals surface area contributed by atoms with Gasteiger partial charge in [-0.3, -0.25) is 4.90 Å². The van der Waals surface area contributed by atoms with Crippen molar-refractivity contribution in [3.8, 4) is 5.75 Å². The fraction of sp³-hybridized carbons (Fsp3) is 0.267. The Kier molecular flexibility index (Phi) is 7.43. The van der Waals surface area contributed by atoms with Crippen LogP contribution in [0.1, 0.15) is 43.0 Å². The summed E-state index contributed by atoms with van der Waals surface area (Å²) >= 11 is 0. The maximum absolute atomic E-state index is 13.4. The summed E-state index contributed by atoms with van der Waals surface area (Å²) < 4.78 is 5.99. The van der Waals surface area contributed by atoms with Crippen LogP contribution in [0.5, 0.6) is 5.75 Å². The summed E-state index contributed by atoms with van der Waals surface area (Å²) in [5.74, 6) is 0.720. The van der Waals surface area contributed by atoms with Gasteiger partial charge in [-0.25, -0.2) is 9.78 Å². The number of ether oxygens (including phenoxy) is 1. The van der Waals surface area contributed by atoms with Crippen molar-refractivity contribution in [2.45, 2.75) is 44.4 Å². The number of amides is 2. The van der Waals surface area contributed by atoms with E-state index in [1.165, 1.54) is 0 Å². The Labute approximate surface area is 211 Å². The second-order valence-electron chi connectivity index (χ2n) is 9.18. The minimum absolute atomic E-state index is 0.133. The van der Waals surface area contributed by atoms with E-state index in [4.69, 9.17) is 4.74 Å². The summed E-state index contributed by atoms with van der Waals surface area (Å²) in [6, 6.07) is 28.7. The molecule has 184 valence electrons. The van der Waals surface area contributed by atoms with Gasteiger partial charge in [0.2, 0.25) is 0 Å². The highest BCUT2D eigenvalue weighted by molar-refractivity contribution is 5.93. The van der Waals surface area contributed by atoms with Gasteiger partial charge in [-0.05, 0) is 54.8 Å². The fourth-order valence-electron chi connectivity index (χ4n) is 4.84. The fourth-order valence-corrected chi connectivity index (χ4v) is 4.84. The number of fused-ring (bicyclic) bond motifs is 1. The number of para-hydroxylation sites is 1. The van der Waals surface area contributed by atoms with Gasteiger partial charge in [0, 0.05) is 17.1 Å². The summed E-state index contributed by atoms with van der Waals surface area (Å²) in [7, 11) is 0. The maximum atomic E-state index is 13.4. The summed E-state index contributed by atoms with van der Waals surface area (Å²) in [5.41, 5.74) is 3.51. The lowest BCUT2D eigenvalue weighted by molar-refractivity contribution is 0.219. The lowest BCUT2D eigenvalue weighted by Crippen LogP contribution is -2.47. The molecule has 2 amide bonds. The molecule has 5 rings (SSSR count). The number of anilines is 1. The Morgan fingerprint density at radius 3 is 2.42 bits per heavy atom. The third kappa shape index (κ3) is 5.50. The van der Waals surface area contributed by atoms with Crippen molar-refractivity contribution in [2.24, 2.45) is 0 Å². The molecule has 2 N–H and O–H groups in total. The summed E-state index contributed by atoms with van der Waals surface area (Å²) in [5, 5.41) is 14.1. The van der Waals surface area contributed by atoms with Crippen LogP contribution in [0.15, 0.2) is 91.0 Å². The van der Waals surface area contributed by atoms with Crippen molar-refractivity contribution in [3.63, 3.8) is 0 Å². The van der Waals surface area contributed by atoms with Gasteiger partial charge in [0.1, 0.15) is 12.4 Å². The van der Waals surface area contributed by atoms with E-state index in [1.54, 1.807) is 0 Å². The lowest BCUT2D eigenvalue weighted by Gasteiger charge is -2.31. The molecule has 3 aromatic carbocycles. The number of urea groups is 1. The molecule has 1 atom stereocenters. The number of nitrogens with zero attached hydrogens (tertiary/aromatic N) is 2. The molecule has 6 nitrogen and oxygen atoms in total. The van der Waals surface area contributed by atoms with E-state index in [2.05, 4.69) is 16.4 Å². The number of carbonyl (C=O) groups excluding carboxylic acids is 1. The number of hydrogen-bond donors (Lipinski definition) is 2. The molecule has 1 aromatic heterocycles. The highest BCUT2D eigenvalue weighted by atomic mass is 16.5. The van der Waals surface area contributed by atoms with Gasteiger partial charge < -0.3 is 15.2 Å². The molecule has 1 aliphatic carbocycles. The highest BCUT2D eigenvalue weighted by Gasteiger charge is 2.29. The van der Waals surface area contributed by atoms with Crippen molar-refractivity contribution < 1.29 is 14.6 Å². The second kappa shape index (κ2) is 11.2. The minimum atomic E-state index is -0.459. The maximum Gasteiger partial charge on any atom is 0.322 e. The zero-order valence-corrected chi connectivity index (χ0v) is 20.2. The quantitative estimate of drug-likeness (QED) is 0.323. The van der Waals surface area contributed by atoms with Crippen molar-refractivity contribution in [3.05, 3.63) is 102 Å². The predicted molar refractivity (Wildman–Crippen MR) is 142 cm³/mol. The van der Waals surface area contributed by atoms with Crippen LogP contribution in [0, 0.1) is 0 Å². The van der Waals surface area contributed by atoms with Gasteiger partial charge in [0.25, 0.3) is 0 Å². The normalized spacial score (nSPS) is 14.5. The van der Waals surface area contributed by atoms with Gasteiger partial charge in [0.05, 0.1) is 23.9 Å². The molecular weight excluding hydrogens is 450 g/mol. The first-order chi connectivity index (χ1) is 17.7. The average molecular weight is 482 g/mol. The average Bonchev–Trinajstić information content (AvgIpc) is 3.46. The number of nitrogens with one attached hydrogen (secondary N) is 1. The predicted octanol–water partition coefficient (Wildman–Crippen LogP) is 6.01. The Bertz CT molecular complexity index is 1290. The highest BCUT2D eigenvalue weighted by Crippen LogP contribution is 2.30. The molecule has 0 aliphatic heterocycles. The molecule has 1 fully saturated rings. The smallest absolute Gasteiger partial charge is 0.322 e. The van der Waals surface area contributed by atoms with Gasteiger partial charge >= 0.3 is 6.03 Å². The topological polar surface area (TPSA) is 74.7 Å². The molecule has 1 saturated carbocycles. The van der Waals surface area contributed by atoms with Crippen molar-refractivity contribution in [2.75, 3.05) is 11.5 Å². The van der Waals surface area contributed by atoms with E-state index < -0.39 is 6.04 Å². The number of carbonyl (C=O) groups is 1. The number of pyridine rings is 1. The first-order valence-electron chi connectivity index (χ1n) is 12.5. The van der Waals surface area contributed by atoms with Crippen molar-refractivity contribution in [1.29, 1.82) is 0 Å². The van der Waals surface area contributed by atoms with Crippen LogP contribution in [-0.2, 0) is 6.61 Å². The largest absolute Gasteiger partial charge is 0.487 e. The van der Waals surface area contributed by atoms with Crippen LogP contribution in [0.25, 0.3) is 10.9 Å². The van der Waals surface area contributed by atoms with Crippen LogP contribution < -0.4 is 15.0 Å². The molecule has 0 radical (unpaired) electrons. The Morgan fingerprint density at radius 2 is 1.67 bits per heavy atom. The molecule has 36 heavy (non-hydrogen) atoms. The zero-order valence-electron chi connectivity index (χ0n) is 20.2. The van der Waals surface area contributed by atoms with Gasteiger partial charge in [-0.1, -0.05) is 67.4 Å². The van der Waals surface area contributed by atoms with Crippen LogP contribution in [-0.4, -0.2) is 28.8 Å². The zero-order chi connectivity index (χ0) is 24.7. The van der Waals surface area contributed by atoms with Gasteiger partial charge in [-0.2, -0.15) is 0 Å². The SMILES string of the molecule is O=C(N[C@H](CO)c1ccccc1)N(c1ccc(OCc2ccc3ccccc3n2)cc1)C1CCCC1. The molecule has 0 saturated heterocycles. The third-order valence-electron chi connectivity index (χ3n) is 6.75. The molecule has 0 bridgehead atoms. The minimum Gasteiger partial charge on any atom is -0.487 e. The second-order valence-corrected chi connectivity index (χ2v) is 9.18. The molecule has 0 spiro atoms. The van der Waals surface area contributed by atoms with Gasteiger partial charge in [-0.15, -0.1) is 0 Å². The van der Waals surface area contributed by atoms with Crippen molar-refractivity contribution >= 4 is 22.6 Å². The summed E-state index contributed by atoms with van der Waals surface area (Å²) in [4.78, 5) is 19.9. The van der Waals surface area contributed by atoms with Gasteiger partial charge in [0.15, 0.2) is 0 Å². The molecule has 1 heterocycles. The van der Waals surface area contributed by atoms with Crippen LogP contribution in [0.3, 0.4) is 0 Å². The molecule has 1 aliphatic rings. The summed E-state index contributed by atoms with van der Waals surface area (Å²) in [6.07, 6.45) is 4.15. The standard InChI is InChI=1S/C30H31N3O3/c34-20-29(22-8-2-1-3-9-22)32-30(35)33(25-11-5-6-12-25)26-16-18-27(19-17-26)36-21-24-15-14-23-10-4-7-13-28(23)31-24/h1-4,7-10,13-19,25,29,34H,5-6,11-12,20-21H2,(H,32,35)/t29-/m1/s1. The van der Waals surface area contributed by atoms with Crippen LogP contribution in [0.2, 0.25) is 0 Å². The van der Waals surface area contributed by atoms with E-state index in [-0.39, 0.29) is 18.7 Å². The Morgan fingerprint density at radius 1 is 0.944 bits per heavy atom. The number of aromatic nitrogens is 1. The molecule has 6 heteroatoms. The van der Waals surface area contributed by atoms with E-state index in [9.17, 15) is 9.90 Å². The van der Waals surface area contributed by atoms with Crippen LogP contribution in [0.4, 0.5) is 10.5 Å². The monoisotopic (exact) mass is 481 g/mol. The van der Waals surface area contributed by atoms with E-state index in [0.717, 1.165) is 59.3 Å². The number of aliphatic hydroxyl groups excluding tert-OH is 1. The third-order valence-corrected chi connectivity index (χ3v) is 6.75. The van der Waals surface area contributed by atoms with E-state index in [1.807, 2.05) is 89.8 Å². The first-order valence-corrected chi connectivity index (χ1v) is 12.5. The van der Waals surface area contributed by atoms with E-state index >= 15 is 0 Å². The number of hydrogen-bond acceptors (Lipinski definition) is 4. The first kappa shape index (κ1) is 23.8.